The molecule has 0 saturated heterocycles. The summed E-state index contributed by atoms with van der Waals surface area (Å²) in [5.74, 6) is 2.30. The van der Waals surface area contributed by atoms with Crippen LogP contribution < -0.4 is 0 Å². The zero-order chi connectivity index (χ0) is 22.8. The lowest BCUT2D eigenvalue weighted by Crippen LogP contribution is -2.30. The highest BCUT2D eigenvalue weighted by Gasteiger charge is 2.23. The van der Waals surface area contributed by atoms with Gasteiger partial charge >= 0.3 is 0 Å². The largest absolute Gasteiger partial charge is 0.464 e. The maximum Gasteiger partial charge on any atom is 0.243 e. The quantitative estimate of drug-likeness (QED) is 0.504. The lowest BCUT2D eigenvalue weighted by molar-refractivity contribution is -0.130. The van der Waals surface area contributed by atoms with Gasteiger partial charge in [0.25, 0.3) is 0 Å². The van der Waals surface area contributed by atoms with Crippen molar-refractivity contribution >= 4 is 27.0 Å². The van der Waals surface area contributed by atoms with E-state index in [4.69, 9.17) is 4.42 Å². The van der Waals surface area contributed by atoms with E-state index in [1.54, 1.807) is 30.1 Å². The van der Waals surface area contributed by atoms with Crippen LogP contribution in [0.5, 0.6) is 0 Å². The van der Waals surface area contributed by atoms with Crippen LogP contribution in [0.25, 0.3) is 11.0 Å². The fraction of sp³-hybridized carbons (Fsp3) is 0.455. The first-order valence-corrected chi connectivity index (χ1v) is 11.9. The Morgan fingerprint density at radius 2 is 1.87 bits per heavy atom. The number of rotatable bonds is 9. The van der Waals surface area contributed by atoms with Crippen LogP contribution in [-0.4, -0.2) is 53.2 Å². The summed E-state index contributed by atoms with van der Waals surface area (Å²) >= 11 is 0. The van der Waals surface area contributed by atoms with E-state index in [1.165, 1.54) is 4.31 Å². The summed E-state index contributed by atoms with van der Waals surface area (Å²) < 4.78 is 34.5. The van der Waals surface area contributed by atoms with E-state index < -0.39 is 10.0 Å². The Bertz CT molecular complexity index is 1180. The third kappa shape index (κ3) is 4.83. The fourth-order valence-corrected chi connectivity index (χ4v) is 5.11. The molecule has 0 saturated carbocycles. The summed E-state index contributed by atoms with van der Waals surface area (Å²) in [4.78, 5) is 19.0. The van der Waals surface area contributed by atoms with Gasteiger partial charge in [-0.15, -0.1) is 0 Å². The molecule has 1 amide bonds. The molecule has 0 aliphatic carbocycles. The molecule has 0 fully saturated rings. The number of hydrogen-bond donors (Lipinski definition) is 0. The highest BCUT2D eigenvalue weighted by molar-refractivity contribution is 7.89. The number of aromatic nitrogens is 2. The number of imidazole rings is 1. The van der Waals surface area contributed by atoms with Crippen LogP contribution >= 0.6 is 0 Å². The Labute approximate surface area is 183 Å². The van der Waals surface area contributed by atoms with Crippen molar-refractivity contribution in [3.8, 4) is 0 Å². The summed E-state index contributed by atoms with van der Waals surface area (Å²) in [5, 5.41) is 0. The molecule has 2 aromatic heterocycles. The van der Waals surface area contributed by atoms with Crippen LogP contribution in [0.3, 0.4) is 0 Å². The summed E-state index contributed by atoms with van der Waals surface area (Å²) in [6, 6.07) is 8.75. The molecule has 0 N–H and O–H groups in total. The predicted molar refractivity (Wildman–Crippen MR) is 119 cm³/mol. The lowest BCUT2D eigenvalue weighted by Gasteiger charge is -2.18. The van der Waals surface area contributed by atoms with Gasteiger partial charge in [0, 0.05) is 40.0 Å². The number of sulfonamides is 1. The summed E-state index contributed by atoms with van der Waals surface area (Å²) in [6.07, 6.45) is 0.765. The first-order valence-electron chi connectivity index (χ1n) is 10.4. The van der Waals surface area contributed by atoms with E-state index in [0.717, 1.165) is 22.9 Å². The van der Waals surface area contributed by atoms with Crippen molar-refractivity contribution < 1.29 is 17.6 Å². The number of furan rings is 1. The summed E-state index contributed by atoms with van der Waals surface area (Å²) in [5.41, 5.74) is 1.44. The third-order valence-corrected chi connectivity index (χ3v) is 7.51. The predicted octanol–water partition coefficient (Wildman–Crippen LogP) is 3.10. The molecule has 3 aromatic rings. The van der Waals surface area contributed by atoms with Gasteiger partial charge in [0.2, 0.25) is 15.9 Å². The molecule has 0 radical (unpaired) electrons. The molecule has 0 spiro atoms. The molecule has 3 rings (SSSR count). The maximum atomic E-state index is 12.8. The van der Waals surface area contributed by atoms with Crippen molar-refractivity contribution in [1.82, 2.24) is 18.8 Å². The molecule has 0 bridgehead atoms. The topological polar surface area (TPSA) is 88.7 Å². The number of nitrogens with zero attached hydrogens (tertiary/aromatic N) is 4. The van der Waals surface area contributed by atoms with Gasteiger partial charge in [0.1, 0.15) is 17.3 Å². The molecule has 0 unspecified atom stereocenters. The molecule has 8 nitrogen and oxygen atoms in total. The molecule has 2 heterocycles. The van der Waals surface area contributed by atoms with Crippen LogP contribution in [0.2, 0.25) is 0 Å². The van der Waals surface area contributed by atoms with Crippen molar-refractivity contribution in [3.63, 3.8) is 0 Å². The minimum absolute atomic E-state index is 0.00842. The Morgan fingerprint density at radius 3 is 2.48 bits per heavy atom. The smallest absolute Gasteiger partial charge is 0.243 e. The number of hydrogen-bond acceptors (Lipinski definition) is 5. The zero-order valence-electron chi connectivity index (χ0n) is 18.8. The van der Waals surface area contributed by atoms with E-state index >= 15 is 0 Å². The van der Waals surface area contributed by atoms with E-state index in [9.17, 15) is 13.2 Å². The first-order chi connectivity index (χ1) is 14.7. The summed E-state index contributed by atoms with van der Waals surface area (Å²) in [6.45, 7) is 6.76. The normalized spacial score (nSPS) is 12.1. The maximum absolute atomic E-state index is 12.8. The second kappa shape index (κ2) is 9.23. The van der Waals surface area contributed by atoms with E-state index in [1.807, 2.05) is 44.5 Å². The highest BCUT2D eigenvalue weighted by atomic mass is 32.2. The van der Waals surface area contributed by atoms with Crippen LogP contribution in [0.15, 0.2) is 39.6 Å². The van der Waals surface area contributed by atoms with Crippen molar-refractivity contribution in [2.24, 2.45) is 7.05 Å². The first kappa shape index (κ1) is 23.0. The zero-order valence-corrected chi connectivity index (χ0v) is 19.6. The van der Waals surface area contributed by atoms with Gasteiger partial charge in [0.15, 0.2) is 0 Å². The van der Waals surface area contributed by atoms with Gasteiger partial charge in [-0.2, -0.15) is 4.31 Å². The molecule has 168 valence electrons. The molecular weight excluding hydrogens is 416 g/mol. The van der Waals surface area contributed by atoms with Gasteiger partial charge < -0.3 is 13.9 Å². The number of carbonyl (C=O) groups is 1. The van der Waals surface area contributed by atoms with Crippen molar-refractivity contribution in [3.05, 3.63) is 47.7 Å². The third-order valence-electron chi connectivity index (χ3n) is 5.47. The fourth-order valence-electron chi connectivity index (χ4n) is 3.63. The number of aryl methyl sites for hydroxylation is 3. The minimum Gasteiger partial charge on any atom is -0.464 e. The Balaban J connectivity index is 1.74. The number of fused-ring (bicyclic) bond motifs is 1. The SMILES string of the molecule is CCN(CC)S(=O)(=O)c1ccc2c(c1)nc(CCC(=O)N(C)Cc1ccc(C)o1)n2C. The van der Waals surface area contributed by atoms with Crippen molar-refractivity contribution in [2.75, 3.05) is 20.1 Å². The van der Waals surface area contributed by atoms with E-state index in [0.29, 0.717) is 38.0 Å². The van der Waals surface area contributed by atoms with Crippen LogP contribution in [0.4, 0.5) is 0 Å². The Morgan fingerprint density at radius 1 is 1.16 bits per heavy atom. The highest BCUT2D eigenvalue weighted by Crippen LogP contribution is 2.23. The molecule has 0 aliphatic rings. The summed E-state index contributed by atoms with van der Waals surface area (Å²) in [7, 11) is 0.0806. The second-order valence-corrected chi connectivity index (χ2v) is 9.53. The van der Waals surface area contributed by atoms with E-state index in [2.05, 4.69) is 4.98 Å². The average Bonchev–Trinajstić information content (AvgIpc) is 3.28. The van der Waals surface area contributed by atoms with Crippen LogP contribution in [0, 0.1) is 6.92 Å². The monoisotopic (exact) mass is 446 g/mol. The minimum atomic E-state index is -3.55. The number of amides is 1. The lowest BCUT2D eigenvalue weighted by atomic mass is 10.2. The average molecular weight is 447 g/mol. The van der Waals surface area contributed by atoms with Gasteiger partial charge in [-0.3, -0.25) is 4.79 Å². The molecule has 1 aromatic carbocycles. The Hall–Kier alpha value is -2.65. The van der Waals surface area contributed by atoms with Gasteiger partial charge in [0.05, 0.1) is 22.5 Å². The molecule has 0 aliphatic heterocycles. The number of benzene rings is 1. The standard InChI is InChI=1S/C22H30N4O4S/c1-6-26(7-2)31(28,29)18-10-11-20-19(14-18)23-21(25(20)5)12-13-22(27)24(4)15-17-9-8-16(3)30-17/h8-11,14H,6-7,12-13,15H2,1-5H3. The van der Waals surface area contributed by atoms with E-state index in [-0.39, 0.29) is 10.8 Å². The number of carbonyl (C=O) groups excluding carboxylic acids is 1. The Kier molecular flexibility index (Phi) is 6.86. The van der Waals surface area contributed by atoms with Crippen LogP contribution in [0.1, 0.15) is 37.6 Å². The van der Waals surface area contributed by atoms with Crippen molar-refractivity contribution in [1.29, 1.82) is 0 Å². The van der Waals surface area contributed by atoms with Gasteiger partial charge in [-0.05, 0) is 37.3 Å². The van der Waals surface area contributed by atoms with Gasteiger partial charge in [-0.25, -0.2) is 13.4 Å². The van der Waals surface area contributed by atoms with Crippen molar-refractivity contribution in [2.45, 2.75) is 45.1 Å². The molecule has 9 heteroatoms. The van der Waals surface area contributed by atoms with Gasteiger partial charge in [-0.1, -0.05) is 13.8 Å². The van der Waals surface area contributed by atoms with Crippen LogP contribution in [-0.2, 0) is 34.8 Å². The molecular formula is C22H30N4O4S. The molecule has 0 atom stereocenters. The molecule has 31 heavy (non-hydrogen) atoms. The second-order valence-electron chi connectivity index (χ2n) is 7.59.